The fourth-order valence-corrected chi connectivity index (χ4v) is 3.62. The lowest BCUT2D eigenvalue weighted by Gasteiger charge is -2.22. The van der Waals surface area contributed by atoms with Crippen LogP contribution < -0.4 is 11.1 Å². The molecule has 1 heterocycles. The molecule has 0 aromatic carbocycles. The smallest absolute Gasteiger partial charge is 0.242 e. The van der Waals surface area contributed by atoms with Gasteiger partial charge in [0.05, 0.1) is 0 Å². The maximum absolute atomic E-state index is 12.1. The van der Waals surface area contributed by atoms with E-state index in [0.29, 0.717) is 12.0 Å². The van der Waals surface area contributed by atoms with E-state index in [-0.39, 0.29) is 5.91 Å². The quantitative estimate of drug-likeness (QED) is 0.880. The molecule has 1 aliphatic carbocycles. The summed E-state index contributed by atoms with van der Waals surface area (Å²) in [6.45, 7) is 4.46. The molecule has 3 nitrogen and oxygen atoms in total. The van der Waals surface area contributed by atoms with Crippen LogP contribution in [0.15, 0.2) is 17.5 Å². The Kier molecular flexibility index (Phi) is 4.40. The molecule has 0 bridgehead atoms. The summed E-state index contributed by atoms with van der Waals surface area (Å²) in [5, 5.41) is 5.08. The topological polar surface area (TPSA) is 55.1 Å². The van der Waals surface area contributed by atoms with Crippen molar-refractivity contribution in [3.63, 3.8) is 0 Å². The van der Waals surface area contributed by atoms with Gasteiger partial charge in [-0.2, -0.15) is 0 Å². The summed E-state index contributed by atoms with van der Waals surface area (Å²) in [5.74, 6) is 1.27. The minimum absolute atomic E-state index is 0.0361. The van der Waals surface area contributed by atoms with Crippen molar-refractivity contribution in [1.82, 2.24) is 5.32 Å². The minimum Gasteiger partial charge on any atom is -0.351 e. The number of rotatable bonds is 4. The second-order valence-corrected chi connectivity index (χ2v) is 6.19. The summed E-state index contributed by atoms with van der Waals surface area (Å²) in [5.41, 5.74) is 5.97. The largest absolute Gasteiger partial charge is 0.351 e. The highest BCUT2D eigenvalue weighted by atomic mass is 32.1. The van der Waals surface area contributed by atoms with Crippen molar-refractivity contribution < 1.29 is 4.79 Å². The highest BCUT2D eigenvalue weighted by Crippen LogP contribution is 2.34. The summed E-state index contributed by atoms with van der Waals surface area (Å²) >= 11 is 1.54. The lowest BCUT2D eigenvalue weighted by atomic mass is 9.93. The highest BCUT2D eigenvalue weighted by molar-refractivity contribution is 7.10. The van der Waals surface area contributed by atoms with Crippen LogP contribution >= 0.6 is 11.3 Å². The first-order chi connectivity index (χ1) is 8.63. The molecule has 4 heteroatoms. The van der Waals surface area contributed by atoms with Gasteiger partial charge in [0.1, 0.15) is 6.04 Å². The number of carbonyl (C=O) groups excluding carboxylic acids is 1. The van der Waals surface area contributed by atoms with Crippen LogP contribution in [0.25, 0.3) is 0 Å². The average Bonchev–Trinajstić information content (AvgIpc) is 2.99. The first kappa shape index (κ1) is 13.6. The van der Waals surface area contributed by atoms with Crippen LogP contribution in [0.3, 0.4) is 0 Å². The van der Waals surface area contributed by atoms with Crippen molar-refractivity contribution in [2.45, 2.75) is 45.2 Å². The minimum atomic E-state index is -0.516. The van der Waals surface area contributed by atoms with Crippen LogP contribution in [-0.2, 0) is 4.79 Å². The predicted octanol–water partition coefficient (Wildman–Crippen LogP) is 2.69. The second kappa shape index (κ2) is 5.85. The van der Waals surface area contributed by atoms with E-state index in [2.05, 4.69) is 19.2 Å². The van der Waals surface area contributed by atoms with Crippen LogP contribution in [0.5, 0.6) is 0 Å². The number of hydrogen-bond donors (Lipinski definition) is 2. The molecular formula is C14H22N2OS. The molecule has 1 aromatic heterocycles. The molecular weight excluding hydrogens is 244 g/mol. The summed E-state index contributed by atoms with van der Waals surface area (Å²) in [6, 6.07) is 3.63. The normalized spacial score (nSPS) is 29.2. The van der Waals surface area contributed by atoms with Gasteiger partial charge in [-0.15, -0.1) is 11.3 Å². The van der Waals surface area contributed by atoms with Gasteiger partial charge in [0.2, 0.25) is 5.91 Å². The Hall–Kier alpha value is -0.870. The van der Waals surface area contributed by atoms with Gasteiger partial charge in [0.25, 0.3) is 0 Å². The molecule has 1 aromatic rings. The molecule has 0 saturated heterocycles. The fourth-order valence-electron chi connectivity index (χ4n) is 2.90. The third-order valence-corrected chi connectivity index (χ3v) is 5.17. The van der Waals surface area contributed by atoms with Crippen molar-refractivity contribution in [3.05, 3.63) is 22.4 Å². The molecule has 1 fully saturated rings. The Morgan fingerprint density at radius 2 is 2.39 bits per heavy atom. The van der Waals surface area contributed by atoms with Crippen LogP contribution in [-0.4, -0.2) is 11.9 Å². The van der Waals surface area contributed by atoms with E-state index < -0.39 is 6.04 Å². The zero-order valence-corrected chi connectivity index (χ0v) is 11.9. The molecule has 4 atom stereocenters. The van der Waals surface area contributed by atoms with Gasteiger partial charge in [-0.1, -0.05) is 26.3 Å². The van der Waals surface area contributed by atoms with Crippen LogP contribution in [0.4, 0.5) is 0 Å². The molecule has 1 saturated carbocycles. The van der Waals surface area contributed by atoms with Gasteiger partial charge in [0, 0.05) is 10.9 Å². The second-order valence-electron chi connectivity index (χ2n) is 5.21. The molecule has 18 heavy (non-hydrogen) atoms. The Morgan fingerprint density at radius 3 is 2.94 bits per heavy atom. The molecule has 0 radical (unpaired) electrons. The Morgan fingerprint density at radius 1 is 1.61 bits per heavy atom. The van der Waals surface area contributed by atoms with Gasteiger partial charge in [0.15, 0.2) is 0 Å². The van der Waals surface area contributed by atoms with Crippen molar-refractivity contribution in [3.8, 4) is 0 Å². The Bertz CT molecular complexity index is 391. The van der Waals surface area contributed by atoms with E-state index >= 15 is 0 Å². The first-order valence-electron chi connectivity index (χ1n) is 6.72. The standard InChI is InChI=1S/C14H22N2OS/c1-3-10-6-7-11(9(10)2)16-14(17)13(15)12-5-4-8-18-12/h4-5,8-11,13H,3,6-7,15H2,1-2H3,(H,16,17). The van der Waals surface area contributed by atoms with E-state index in [1.165, 1.54) is 24.2 Å². The molecule has 2 rings (SSSR count). The fraction of sp³-hybridized carbons (Fsp3) is 0.643. The zero-order chi connectivity index (χ0) is 13.1. The van der Waals surface area contributed by atoms with Crippen molar-refractivity contribution in [2.24, 2.45) is 17.6 Å². The van der Waals surface area contributed by atoms with Crippen molar-refractivity contribution in [2.75, 3.05) is 0 Å². The van der Waals surface area contributed by atoms with E-state index in [4.69, 9.17) is 5.73 Å². The number of nitrogens with two attached hydrogens (primary N) is 1. The molecule has 1 aliphatic rings. The van der Waals surface area contributed by atoms with Crippen molar-refractivity contribution >= 4 is 17.2 Å². The van der Waals surface area contributed by atoms with Crippen LogP contribution in [0.2, 0.25) is 0 Å². The maximum Gasteiger partial charge on any atom is 0.242 e. The SMILES string of the molecule is CCC1CCC(NC(=O)C(N)c2cccs2)C1C. The number of carbonyl (C=O) groups is 1. The van der Waals surface area contributed by atoms with Gasteiger partial charge in [-0.05, 0) is 36.1 Å². The lowest BCUT2D eigenvalue weighted by Crippen LogP contribution is -2.42. The third-order valence-electron chi connectivity index (χ3n) is 4.21. The monoisotopic (exact) mass is 266 g/mol. The Balaban J connectivity index is 1.92. The van der Waals surface area contributed by atoms with Crippen LogP contribution in [0.1, 0.15) is 44.0 Å². The number of amides is 1. The van der Waals surface area contributed by atoms with E-state index in [1.807, 2.05) is 17.5 Å². The van der Waals surface area contributed by atoms with Crippen LogP contribution in [0, 0.1) is 11.8 Å². The average molecular weight is 266 g/mol. The predicted molar refractivity (Wildman–Crippen MR) is 75.4 cm³/mol. The number of nitrogens with one attached hydrogen (secondary N) is 1. The van der Waals surface area contributed by atoms with Gasteiger partial charge in [-0.25, -0.2) is 0 Å². The molecule has 3 N–H and O–H groups in total. The summed E-state index contributed by atoms with van der Waals surface area (Å²) in [4.78, 5) is 13.0. The Labute approximate surface area is 113 Å². The van der Waals surface area contributed by atoms with E-state index in [1.54, 1.807) is 0 Å². The maximum atomic E-state index is 12.1. The molecule has 1 amide bonds. The van der Waals surface area contributed by atoms with E-state index in [0.717, 1.165) is 17.2 Å². The van der Waals surface area contributed by atoms with Gasteiger partial charge >= 0.3 is 0 Å². The molecule has 4 unspecified atom stereocenters. The zero-order valence-electron chi connectivity index (χ0n) is 11.1. The van der Waals surface area contributed by atoms with E-state index in [9.17, 15) is 4.79 Å². The summed E-state index contributed by atoms with van der Waals surface area (Å²) < 4.78 is 0. The third kappa shape index (κ3) is 2.75. The van der Waals surface area contributed by atoms with Crippen molar-refractivity contribution in [1.29, 1.82) is 0 Å². The summed E-state index contributed by atoms with van der Waals surface area (Å²) in [6.07, 6.45) is 3.50. The molecule has 0 spiro atoms. The summed E-state index contributed by atoms with van der Waals surface area (Å²) in [7, 11) is 0. The highest BCUT2D eigenvalue weighted by Gasteiger charge is 2.33. The first-order valence-corrected chi connectivity index (χ1v) is 7.60. The van der Waals surface area contributed by atoms with Gasteiger partial charge < -0.3 is 11.1 Å². The molecule has 0 aliphatic heterocycles. The number of thiophene rings is 1. The molecule has 100 valence electrons. The lowest BCUT2D eigenvalue weighted by molar-refractivity contribution is -0.123. The number of hydrogen-bond acceptors (Lipinski definition) is 3. The van der Waals surface area contributed by atoms with Gasteiger partial charge in [-0.3, -0.25) is 4.79 Å².